The van der Waals surface area contributed by atoms with Crippen LogP contribution in [0.15, 0.2) is 125 Å². The highest BCUT2D eigenvalue weighted by Gasteiger charge is 2.39. The van der Waals surface area contributed by atoms with Gasteiger partial charge in [0, 0.05) is 15.5 Å². The fourth-order valence-corrected chi connectivity index (χ4v) is 6.98. The molecule has 0 unspecified atom stereocenters. The van der Waals surface area contributed by atoms with Gasteiger partial charge in [0.1, 0.15) is 6.33 Å². The Kier molecular flexibility index (Phi) is 3.99. The van der Waals surface area contributed by atoms with Crippen LogP contribution in [0.3, 0.4) is 0 Å². The van der Waals surface area contributed by atoms with Crippen molar-refractivity contribution in [2.24, 2.45) is 0 Å². The van der Waals surface area contributed by atoms with Crippen LogP contribution in [0.1, 0.15) is 0 Å². The predicted molar refractivity (Wildman–Crippen MR) is 147 cm³/mol. The third-order valence-electron chi connectivity index (χ3n) is 7.33. The monoisotopic (exact) mass is 462 g/mol. The number of aromatic nitrogens is 2. The van der Waals surface area contributed by atoms with E-state index in [9.17, 15) is 0 Å². The van der Waals surface area contributed by atoms with Crippen molar-refractivity contribution in [1.82, 2.24) is 9.55 Å². The standard InChI is InChI=1S/C31H19BN2S/c1-3-8-20(9-4-1)22-14-15-24-29(18-22)35-28-13-7-12-27-30(28)32(24)25-16-23(21-10-5-2-6-11-21)17-26-31(25)34(27)19-33-26/h1-19H. The van der Waals surface area contributed by atoms with E-state index in [0.717, 1.165) is 5.52 Å². The van der Waals surface area contributed by atoms with Crippen molar-refractivity contribution in [3.63, 3.8) is 0 Å². The molecule has 8 rings (SSSR count). The molecule has 2 nitrogen and oxygen atoms in total. The number of imidazole rings is 1. The summed E-state index contributed by atoms with van der Waals surface area (Å²) in [5.41, 5.74) is 12.6. The summed E-state index contributed by atoms with van der Waals surface area (Å²) in [6.07, 6.45) is 1.99. The molecule has 0 saturated carbocycles. The van der Waals surface area contributed by atoms with Crippen molar-refractivity contribution in [3.05, 3.63) is 116 Å². The van der Waals surface area contributed by atoms with Crippen molar-refractivity contribution in [2.75, 3.05) is 0 Å². The maximum Gasteiger partial charge on any atom is 0.249 e. The molecule has 3 heterocycles. The molecule has 0 aliphatic carbocycles. The second kappa shape index (κ2) is 7.24. The first-order chi connectivity index (χ1) is 17.3. The molecule has 5 aromatic carbocycles. The molecule has 2 aliphatic rings. The van der Waals surface area contributed by atoms with E-state index in [1.165, 1.54) is 59.6 Å². The number of hydrogen-bond donors (Lipinski definition) is 0. The van der Waals surface area contributed by atoms with Crippen LogP contribution in [-0.2, 0) is 0 Å². The molecule has 6 aromatic rings. The van der Waals surface area contributed by atoms with Gasteiger partial charge >= 0.3 is 0 Å². The Morgan fingerprint density at radius 1 is 0.600 bits per heavy atom. The quantitative estimate of drug-likeness (QED) is 0.309. The zero-order valence-corrected chi connectivity index (χ0v) is 19.7. The van der Waals surface area contributed by atoms with E-state index in [-0.39, 0.29) is 6.71 Å². The van der Waals surface area contributed by atoms with Gasteiger partial charge in [-0.1, -0.05) is 102 Å². The fourth-order valence-electron chi connectivity index (χ4n) is 5.77. The first kappa shape index (κ1) is 19.3. The summed E-state index contributed by atoms with van der Waals surface area (Å²) in [7, 11) is 0. The van der Waals surface area contributed by atoms with Gasteiger partial charge < -0.3 is 0 Å². The molecule has 0 fully saturated rings. The highest BCUT2D eigenvalue weighted by Crippen LogP contribution is 2.37. The molecular weight excluding hydrogens is 443 g/mol. The van der Waals surface area contributed by atoms with E-state index in [2.05, 4.69) is 114 Å². The first-order valence-corrected chi connectivity index (χ1v) is 12.7. The molecule has 4 heteroatoms. The van der Waals surface area contributed by atoms with E-state index in [4.69, 9.17) is 4.98 Å². The Hall–Kier alpha value is -4.02. The fraction of sp³-hybridized carbons (Fsp3) is 0. The smallest absolute Gasteiger partial charge is 0.249 e. The Balaban J connectivity index is 1.41. The summed E-state index contributed by atoms with van der Waals surface area (Å²) in [5, 5.41) is 0. The Labute approximate surface area is 208 Å². The molecule has 0 saturated heterocycles. The average molecular weight is 462 g/mol. The summed E-state index contributed by atoms with van der Waals surface area (Å²) in [4.78, 5) is 7.54. The van der Waals surface area contributed by atoms with E-state index < -0.39 is 0 Å². The molecule has 2 aliphatic heterocycles. The van der Waals surface area contributed by atoms with Crippen molar-refractivity contribution in [3.8, 4) is 27.9 Å². The second-order valence-corrected chi connectivity index (χ2v) is 10.3. The SMILES string of the molecule is c1ccc(-c2ccc3c(c2)Sc2cccc4c2B3c2cc(-c3ccccc3)cc3ncn-4c23)cc1. The zero-order chi connectivity index (χ0) is 22.9. The third-order valence-corrected chi connectivity index (χ3v) is 8.48. The van der Waals surface area contributed by atoms with Crippen molar-refractivity contribution < 1.29 is 0 Å². The minimum absolute atomic E-state index is 0.192. The Bertz CT molecular complexity index is 1770. The normalized spacial score (nSPS) is 13.0. The van der Waals surface area contributed by atoms with Gasteiger partial charge in [0.05, 0.1) is 11.0 Å². The van der Waals surface area contributed by atoms with Crippen LogP contribution in [0.25, 0.3) is 39.0 Å². The number of rotatable bonds is 2. The van der Waals surface area contributed by atoms with Crippen molar-refractivity contribution >= 4 is 45.9 Å². The highest BCUT2D eigenvalue weighted by atomic mass is 32.2. The van der Waals surface area contributed by atoms with Gasteiger partial charge in [0.25, 0.3) is 0 Å². The number of nitrogens with zero attached hydrogens (tertiary/aromatic N) is 2. The summed E-state index contributed by atoms with van der Waals surface area (Å²) in [6.45, 7) is 0.192. The van der Waals surface area contributed by atoms with Crippen LogP contribution < -0.4 is 16.4 Å². The minimum atomic E-state index is 0.192. The molecule has 35 heavy (non-hydrogen) atoms. The van der Waals surface area contributed by atoms with Gasteiger partial charge in [0.15, 0.2) is 0 Å². The van der Waals surface area contributed by atoms with Crippen LogP contribution in [0.2, 0.25) is 0 Å². The van der Waals surface area contributed by atoms with E-state index in [1.54, 1.807) is 0 Å². The number of fused-ring (bicyclic) bond motifs is 4. The van der Waals surface area contributed by atoms with Gasteiger partial charge in [-0.05, 0) is 57.4 Å². The lowest BCUT2D eigenvalue weighted by Crippen LogP contribution is -2.58. The molecule has 0 bridgehead atoms. The van der Waals surface area contributed by atoms with E-state index >= 15 is 0 Å². The highest BCUT2D eigenvalue weighted by molar-refractivity contribution is 8.00. The Morgan fingerprint density at radius 3 is 2.17 bits per heavy atom. The summed E-state index contributed by atoms with van der Waals surface area (Å²) < 4.78 is 2.29. The van der Waals surface area contributed by atoms with Crippen molar-refractivity contribution in [1.29, 1.82) is 0 Å². The maximum atomic E-state index is 4.86. The first-order valence-electron chi connectivity index (χ1n) is 11.9. The van der Waals surface area contributed by atoms with Crippen LogP contribution in [0.4, 0.5) is 0 Å². The maximum absolute atomic E-state index is 4.86. The molecule has 0 spiro atoms. The largest absolute Gasteiger partial charge is 0.300 e. The summed E-state index contributed by atoms with van der Waals surface area (Å²) in [5.74, 6) is 0. The van der Waals surface area contributed by atoms with E-state index in [1.807, 2.05) is 18.1 Å². The Morgan fingerprint density at radius 2 is 1.37 bits per heavy atom. The van der Waals surface area contributed by atoms with Gasteiger partial charge in [0.2, 0.25) is 6.71 Å². The van der Waals surface area contributed by atoms with Crippen LogP contribution in [0.5, 0.6) is 0 Å². The molecular formula is C31H19BN2S. The lowest BCUT2D eigenvalue weighted by atomic mass is 9.35. The van der Waals surface area contributed by atoms with Crippen LogP contribution in [-0.4, -0.2) is 16.3 Å². The molecule has 1 aromatic heterocycles. The third kappa shape index (κ3) is 2.78. The number of hydrogen-bond acceptors (Lipinski definition) is 2. The topological polar surface area (TPSA) is 17.8 Å². The summed E-state index contributed by atoms with van der Waals surface area (Å²) >= 11 is 1.89. The average Bonchev–Trinajstić information content (AvgIpc) is 3.36. The van der Waals surface area contributed by atoms with Gasteiger partial charge in [-0.3, -0.25) is 4.57 Å². The van der Waals surface area contributed by atoms with Crippen molar-refractivity contribution in [2.45, 2.75) is 9.79 Å². The van der Waals surface area contributed by atoms with Crippen LogP contribution >= 0.6 is 11.8 Å². The zero-order valence-electron chi connectivity index (χ0n) is 18.8. The minimum Gasteiger partial charge on any atom is -0.300 e. The summed E-state index contributed by atoms with van der Waals surface area (Å²) in [6, 6.07) is 39.6. The second-order valence-electron chi connectivity index (χ2n) is 9.26. The van der Waals surface area contributed by atoms with E-state index in [0.29, 0.717) is 0 Å². The molecule has 0 radical (unpaired) electrons. The lowest BCUT2D eigenvalue weighted by molar-refractivity contribution is 1.09. The molecule has 0 amide bonds. The van der Waals surface area contributed by atoms with Gasteiger partial charge in [-0.2, -0.15) is 0 Å². The van der Waals surface area contributed by atoms with Gasteiger partial charge in [-0.25, -0.2) is 4.98 Å². The number of benzene rings is 5. The van der Waals surface area contributed by atoms with Gasteiger partial charge in [-0.15, -0.1) is 0 Å². The predicted octanol–water partition coefficient (Wildman–Crippen LogP) is 5.65. The van der Waals surface area contributed by atoms with Crippen LogP contribution in [0, 0.1) is 0 Å². The molecule has 0 N–H and O–H groups in total. The lowest BCUT2D eigenvalue weighted by Gasteiger charge is -2.33. The molecule has 162 valence electrons. The molecule has 0 atom stereocenters.